The number of aromatic carboxylic acids is 1. The van der Waals surface area contributed by atoms with Crippen LogP contribution in [0.25, 0.3) is 11.3 Å². The molecule has 1 aromatic carbocycles. The van der Waals surface area contributed by atoms with Gasteiger partial charge in [-0.25, -0.2) is 9.48 Å². The molecule has 0 aliphatic heterocycles. The largest absolute Gasteiger partial charge is 0.496 e. The first-order chi connectivity index (χ1) is 9.19. The zero-order valence-corrected chi connectivity index (χ0v) is 10.4. The van der Waals surface area contributed by atoms with Gasteiger partial charge in [-0.05, 0) is 12.1 Å². The van der Waals surface area contributed by atoms with Crippen LogP contribution in [0, 0.1) is 0 Å². The van der Waals surface area contributed by atoms with Gasteiger partial charge >= 0.3 is 5.97 Å². The maximum Gasteiger partial charge on any atom is 0.358 e. The van der Waals surface area contributed by atoms with Crippen LogP contribution in [-0.2, 0) is 6.54 Å². The number of benzene rings is 1. The van der Waals surface area contributed by atoms with Gasteiger partial charge in [0.15, 0.2) is 5.69 Å². The van der Waals surface area contributed by atoms with Gasteiger partial charge in [0.2, 0.25) is 0 Å². The number of carbonyl (C=O) groups is 1. The lowest BCUT2D eigenvalue weighted by atomic mass is 10.1. The van der Waals surface area contributed by atoms with Gasteiger partial charge in [-0.2, -0.15) is 0 Å². The molecule has 0 saturated carbocycles. The van der Waals surface area contributed by atoms with Crippen molar-refractivity contribution in [1.82, 2.24) is 15.0 Å². The van der Waals surface area contributed by atoms with Gasteiger partial charge in [0.25, 0.3) is 0 Å². The quantitative estimate of drug-likeness (QED) is 0.829. The SMILES string of the molecule is C=CCn1nnc(C(=O)O)c1-c1ccccc1OC. The Hall–Kier alpha value is -2.63. The standard InChI is InChI=1S/C13H13N3O3/c1-3-8-16-12(11(13(17)18)14-15-16)9-6-4-5-7-10(9)19-2/h3-7H,1,8H2,2H3,(H,17,18). The molecular formula is C13H13N3O3. The predicted molar refractivity (Wildman–Crippen MR) is 69.2 cm³/mol. The second-order valence-electron chi connectivity index (χ2n) is 3.76. The number of ether oxygens (including phenoxy) is 1. The minimum Gasteiger partial charge on any atom is -0.496 e. The molecule has 0 spiro atoms. The van der Waals surface area contributed by atoms with Crippen LogP contribution < -0.4 is 4.74 Å². The Labute approximate surface area is 109 Å². The fraction of sp³-hybridized carbons (Fsp3) is 0.154. The third-order valence-corrected chi connectivity index (χ3v) is 2.60. The Bertz CT molecular complexity index is 619. The van der Waals surface area contributed by atoms with Crippen molar-refractivity contribution in [2.75, 3.05) is 7.11 Å². The van der Waals surface area contributed by atoms with Gasteiger partial charge in [0.1, 0.15) is 11.4 Å². The minimum absolute atomic E-state index is 0.105. The van der Waals surface area contributed by atoms with E-state index >= 15 is 0 Å². The lowest BCUT2D eigenvalue weighted by molar-refractivity contribution is 0.0691. The number of aromatic nitrogens is 3. The molecule has 2 rings (SSSR count). The van der Waals surface area contributed by atoms with Crippen molar-refractivity contribution in [3.63, 3.8) is 0 Å². The summed E-state index contributed by atoms with van der Waals surface area (Å²) in [4.78, 5) is 11.2. The molecule has 0 bridgehead atoms. The van der Waals surface area contributed by atoms with Gasteiger partial charge in [-0.15, -0.1) is 11.7 Å². The zero-order valence-electron chi connectivity index (χ0n) is 10.4. The first-order valence-electron chi connectivity index (χ1n) is 5.60. The number of rotatable bonds is 5. The molecule has 0 fully saturated rings. The van der Waals surface area contributed by atoms with Gasteiger partial charge < -0.3 is 9.84 Å². The average Bonchev–Trinajstić information content (AvgIpc) is 2.83. The topological polar surface area (TPSA) is 77.2 Å². The van der Waals surface area contributed by atoms with Gasteiger partial charge in [0, 0.05) is 5.56 Å². The summed E-state index contributed by atoms with van der Waals surface area (Å²) < 4.78 is 6.73. The smallest absolute Gasteiger partial charge is 0.358 e. The highest BCUT2D eigenvalue weighted by Crippen LogP contribution is 2.31. The van der Waals surface area contributed by atoms with E-state index in [0.29, 0.717) is 23.6 Å². The van der Waals surface area contributed by atoms with Gasteiger partial charge in [-0.1, -0.05) is 23.4 Å². The van der Waals surface area contributed by atoms with E-state index in [9.17, 15) is 9.90 Å². The number of nitrogens with zero attached hydrogens (tertiary/aromatic N) is 3. The molecule has 1 aromatic heterocycles. The molecule has 0 radical (unpaired) electrons. The maximum atomic E-state index is 11.2. The van der Waals surface area contributed by atoms with Crippen molar-refractivity contribution in [3.05, 3.63) is 42.6 Å². The van der Waals surface area contributed by atoms with E-state index < -0.39 is 5.97 Å². The summed E-state index contributed by atoms with van der Waals surface area (Å²) in [7, 11) is 1.53. The molecule has 6 heteroatoms. The second-order valence-corrected chi connectivity index (χ2v) is 3.76. The highest BCUT2D eigenvalue weighted by Gasteiger charge is 2.22. The number of hydrogen-bond acceptors (Lipinski definition) is 4. The fourth-order valence-corrected chi connectivity index (χ4v) is 1.81. The number of para-hydroxylation sites is 1. The number of carboxylic acid groups (broad SMARTS) is 1. The summed E-state index contributed by atoms with van der Waals surface area (Å²) in [5.41, 5.74) is 0.936. The molecule has 0 aliphatic rings. The molecule has 0 unspecified atom stereocenters. The molecule has 1 heterocycles. The van der Waals surface area contributed by atoms with Crippen molar-refractivity contribution in [3.8, 4) is 17.0 Å². The lowest BCUT2D eigenvalue weighted by Gasteiger charge is -2.09. The summed E-state index contributed by atoms with van der Waals surface area (Å²) in [6.45, 7) is 3.99. The summed E-state index contributed by atoms with van der Waals surface area (Å²) in [6, 6.07) is 7.13. The number of hydrogen-bond donors (Lipinski definition) is 1. The maximum absolute atomic E-state index is 11.2. The van der Waals surface area contributed by atoms with Crippen molar-refractivity contribution in [1.29, 1.82) is 0 Å². The fourth-order valence-electron chi connectivity index (χ4n) is 1.81. The molecule has 0 aliphatic carbocycles. The zero-order chi connectivity index (χ0) is 13.8. The lowest BCUT2D eigenvalue weighted by Crippen LogP contribution is -2.04. The van der Waals surface area contributed by atoms with E-state index in [-0.39, 0.29) is 5.69 Å². The van der Waals surface area contributed by atoms with Crippen LogP contribution in [0.2, 0.25) is 0 Å². The number of methoxy groups -OCH3 is 1. The van der Waals surface area contributed by atoms with Crippen LogP contribution in [0.15, 0.2) is 36.9 Å². The van der Waals surface area contributed by atoms with Crippen LogP contribution >= 0.6 is 0 Å². The summed E-state index contributed by atoms with van der Waals surface area (Å²) in [6.07, 6.45) is 1.62. The van der Waals surface area contributed by atoms with Gasteiger partial charge in [-0.3, -0.25) is 0 Å². The Kier molecular flexibility index (Phi) is 3.61. The molecular weight excluding hydrogens is 246 g/mol. The third-order valence-electron chi connectivity index (χ3n) is 2.60. The monoisotopic (exact) mass is 259 g/mol. The highest BCUT2D eigenvalue weighted by atomic mass is 16.5. The van der Waals surface area contributed by atoms with Crippen LogP contribution in [0.3, 0.4) is 0 Å². The molecule has 0 atom stereocenters. The molecule has 2 aromatic rings. The summed E-state index contributed by atoms with van der Waals surface area (Å²) in [5.74, 6) is -0.561. The van der Waals surface area contributed by atoms with Crippen LogP contribution in [-0.4, -0.2) is 33.2 Å². The van der Waals surface area contributed by atoms with Crippen LogP contribution in [0.1, 0.15) is 10.5 Å². The Balaban J connectivity index is 2.67. The number of carboxylic acids is 1. The highest BCUT2D eigenvalue weighted by molar-refractivity contribution is 5.93. The van der Waals surface area contributed by atoms with Crippen molar-refractivity contribution >= 4 is 5.97 Å². The molecule has 1 N–H and O–H groups in total. The summed E-state index contributed by atoms with van der Waals surface area (Å²) >= 11 is 0. The number of allylic oxidation sites excluding steroid dienone is 1. The first-order valence-corrected chi connectivity index (χ1v) is 5.60. The molecule has 98 valence electrons. The van der Waals surface area contributed by atoms with E-state index in [2.05, 4.69) is 16.9 Å². The Morgan fingerprint density at radius 3 is 2.89 bits per heavy atom. The van der Waals surface area contributed by atoms with Crippen molar-refractivity contribution < 1.29 is 14.6 Å². The third kappa shape index (κ3) is 2.33. The van der Waals surface area contributed by atoms with Crippen molar-refractivity contribution in [2.24, 2.45) is 0 Å². The van der Waals surface area contributed by atoms with Crippen LogP contribution in [0.5, 0.6) is 5.75 Å². The Morgan fingerprint density at radius 1 is 1.53 bits per heavy atom. The van der Waals surface area contributed by atoms with E-state index in [1.807, 2.05) is 6.07 Å². The Morgan fingerprint density at radius 2 is 2.26 bits per heavy atom. The molecule has 6 nitrogen and oxygen atoms in total. The molecule has 0 amide bonds. The van der Waals surface area contributed by atoms with E-state index in [1.54, 1.807) is 24.3 Å². The van der Waals surface area contributed by atoms with Crippen molar-refractivity contribution in [2.45, 2.75) is 6.54 Å². The van der Waals surface area contributed by atoms with E-state index in [1.165, 1.54) is 11.8 Å². The minimum atomic E-state index is -1.13. The summed E-state index contributed by atoms with van der Waals surface area (Å²) in [5, 5.41) is 16.7. The molecule has 0 saturated heterocycles. The molecule has 19 heavy (non-hydrogen) atoms. The van der Waals surface area contributed by atoms with Crippen LogP contribution in [0.4, 0.5) is 0 Å². The average molecular weight is 259 g/mol. The first kappa shape index (κ1) is 12.8. The van der Waals surface area contributed by atoms with Gasteiger partial charge in [0.05, 0.1) is 13.7 Å². The predicted octanol–water partition coefficient (Wildman–Crippen LogP) is 1.84. The normalized spacial score (nSPS) is 10.2. The second kappa shape index (κ2) is 5.34. The van der Waals surface area contributed by atoms with E-state index in [0.717, 1.165) is 0 Å². The van der Waals surface area contributed by atoms with E-state index in [4.69, 9.17) is 4.74 Å².